The number of para-hydroxylation sites is 1. The molecule has 1 heterocycles. The van der Waals surface area contributed by atoms with Gasteiger partial charge >= 0.3 is 5.97 Å². The Hall–Kier alpha value is -1.81. The second-order valence-corrected chi connectivity index (χ2v) is 3.76. The quantitative estimate of drug-likeness (QED) is 0.807. The Morgan fingerprint density at radius 3 is 2.88 bits per heavy atom. The van der Waals surface area contributed by atoms with Crippen molar-refractivity contribution in [3.8, 4) is 0 Å². The van der Waals surface area contributed by atoms with E-state index in [4.69, 9.17) is 9.84 Å². The second kappa shape index (κ2) is 5.01. The van der Waals surface area contributed by atoms with Gasteiger partial charge in [-0.15, -0.1) is 0 Å². The molecule has 0 radical (unpaired) electrons. The van der Waals surface area contributed by atoms with Crippen LogP contribution in [0, 0.1) is 0 Å². The zero-order valence-electron chi connectivity index (χ0n) is 9.72. The molecular formula is C13H15NO3. The van der Waals surface area contributed by atoms with Gasteiger partial charge < -0.3 is 14.4 Å². The fourth-order valence-electron chi connectivity index (χ4n) is 1.91. The minimum atomic E-state index is -0.892. The second-order valence-electron chi connectivity index (χ2n) is 3.76. The molecule has 0 saturated heterocycles. The van der Waals surface area contributed by atoms with Crippen molar-refractivity contribution in [1.29, 1.82) is 0 Å². The lowest BCUT2D eigenvalue weighted by Gasteiger charge is -2.04. The van der Waals surface area contributed by atoms with Crippen molar-refractivity contribution in [3.63, 3.8) is 0 Å². The first kappa shape index (κ1) is 11.7. The van der Waals surface area contributed by atoms with Gasteiger partial charge in [0.2, 0.25) is 0 Å². The number of benzene rings is 1. The smallest absolute Gasteiger partial charge is 0.337 e. The van der Waals surface area contributed by atoms with Gasteiger partial charge in [-0.25, -0.2) is 4.79 Å². The maximum Gasteiger partial charge on any atom is 0.337 e. The van der Waals surface area contributed by atoms with Gasteiger partial charge in [0, 0.05) is 30.3 Å². The standard InChI is InChI=1S/C13H15NO3/c1-2-17-8-7-14-9-11(13(15)16)10-5-3-4-6-12(10)14/h3-6,9H,2,7-8H2,1H3,(H,15,16). The summed E-state index contributed by atoms with van der Waals surface area (Å²) in [4.78, 5) is 11.1. The molecule has 90 valence electrons. The Labute approximate surface area is 99.4 Å². The Bertz CT molecular complexity index is 530. The first-order chi connectivity index (χ1) is 8.24. The highest BCUT2D eigenvalue weighted by Gasteiger charge is 2.12. The molecule has 2 aromatic rings. The number of carboxylic acid groups (broad SMARTS) is 1. The highest BCUT2D eigenvalue weighted by atomic mass is 16.5. The van der Waals surface area contributed by atoms with E-state index < -0.39 is 5.97 Å². The number of hydrogen-bond acceptors (Lipinski definition) is 2. The van der Waals surface area contributed by atoms with E-state index in [1.807, 2.05) is 35.8 Å². The van der Waals surface area contributed by atoms with Crippen molar-refractivity contribution in [3.05, 3.63) is 36.0 Å². The van der Waals surface area contributed by atoms with Gasteiger partial charge in [0.15, 0.2) is 0 Å². The number of carboxylic acids is 1. The van der Waals surface area contributed by atoms with Gasteiger partial charge in [-0.3, -0.25) is 0 Å². The van der Waals surface area contributed by atoms with E-state index in [2.05, 4.69) is 0 Å². The molecular weight excluding hydrogens is 218 g/mol. The third kappa shape index (κ3) is 2.31. The fraction of sp³-hybridized carbons (Fsp3) is 0.308. The molecule has 4 heteroatoms. The Kier molecular flexibility index (Phi) is 3.44. The highest BCUT2D eigenvalue weighted by molar-refractivity contribution is 6.03. The molecule has 0 spiro atoms. The van der Waals surface area contributed by atoms with Crippen molar-refractivity contribution in [2.45, 2.75) is 13.5 Å². The van der Waals surface area contributed by atoms with Crippen LogP contribution in [0.15, 0.2) is 30.5 Å². The van der Waals surface area contributed by atoms with Crippen LogP contribution in [0.4, 0.5) is 0 Å². The monoisotopic (exact) mass is 233 g/mol. The van der Waals surface area contributed by atoms with Crippen LogP contribution in [0.1, 0.15) is 17.3 Å². The molecule has 0 unspecified atom stereocenters. The van der Waals surface area contributed by atoms with Gasteiger partial charge in [-0.1, -0.05) is 18.2 Å². The molecule has 1 aromatic heterocycles. The molecule has 0 amide bonds. The summed E-state index contributed by atoms with van der Waals surface area (Å²) in [5.41, 5.74) is 1.28. The number of nitrogens with zero attached hydrogens (tertiary/aromatic N) is 1. The number of ether oxygens (including phenoxy) is 1. The number of carbonyl (C=O) groups is 1. The average molecular weight is 233 g/mol. The van der Waals surface area contributed by atoms with Crippen molar-refractivity contribution in [2.75, 3.05) is 13.2 Å². The van der Waals surface area contributed by atoms with E-state index in [-0.39, 0.29) is 0 Å². The number of hydrogen-bond donors (Lipinski definition) is 1. The number of fused-ring (bicyclic) bond motifs is 1. The topological polar surface area (TPSA) is 51.5 Å². The predicted octanol–water partition coefficient (Wildman–Crippen LogP) is 2.38. The molecule has 0 aliphatic heterocycles. The molecule has 1 aromatic carbocycles. The molecule has 1 N–H and O–H groups in total. The van der Waals surface area contributed by atoms with Crippen LogP contribution in [0.3, 0.4) is 0 Å². The van der Waals surface area contributed by atoms with Crippen LogP contribution >= 0.6 is 0 Å². The summed E-state index contributed by atoms with van der Waals surface area (Å²) < 4.78 is 7.21. The van der Waals surface area contributed by atoms with E-state index >= 15 is 0 Å². The van der Waals surface area contributed by atoms with Crippen LogP contribution in [0.25, 0.3) is 10.9 Å². The summed E-state index contributed by atoms with van der Waals surface area (Å²) in [5.74, 6) is -0.892. The summed E-state index contributed by atoms with van der Waals surface area (Å²) in [6.07, 6.45) is 1.67. The van der Waals surface area contributed by atoms with Gasteiger partial charge in [0.25, 0.3) is 0 Å². The van der Waals surface area contributed by atoms with Gasteiger partial charge in [0.1, 0.15) is 0 Å². The molecule has 0 fully saturated rings. The largest absolute Gasteiger partial charge is 0.478 e. The van der Waals surface area contributed by atoms with Crippen LogP contribution in [0.2, 0.25) is 0 Å². The Balaban J connectivity index is 2.38. The lowest BCUT2D eigenvalue weighted by molar-refractivity contribution is 0.0698. The van der Waals surface area contributed by atoms with Gasteiger partial charge in [0.05, 0.1) is 12.2 Å². The molecule has 0 bridgehead atoms. The first-order valence-electron chi connectivity index (χ1n) is 5.63. The molecule has 0 atom stereocenters. The van der Waals surface area contributed by atoms with E-state index in [1.165, 1.54) is 0 Å². The van der Waals surface area contributed by atoms with Crippen LogP contribution < -0.4 is 0 Å². The highest BCUT2D eigenvalue weighted by Crippen LogP contribution is 2.21. The SMILES string of the molecule is CCOCCn1cc(C(=O)O)c2ccccc21. The first-order valence-corrected chi connectivity index (χ1v) is 5.63. The third-order valence-electron chi connectivity index (χ3n) is 2.70. The zero-order valence-corrected chi connectivity index (χ0v) is 9.72. The van der Waals surface area contributed by atoms with Crippen LogP contribution in [0.5, 0.6) is 0 Å². The van der Waals surface area contributed by atoms with Crippen molar-refractivity contribution >= 4 is 16.9 Å². The number of aromatic nitrogens is 1. The zero-order chi connectivity index (χ0) is 12.3. The van der Waals surface area contributed by atoms with Gasteiger partial charge in [-0.2, -0.15) is 0 Å². The average Bonchev–Trinajstić information content (AvgIpc) is 2.69. The predicted molar refractivity (Wildman–Crippen MR) is 65.4 cm³/mol. The molecule has 2 rings (SSSR count). The third-order valence-corrected chi connectivity index (χ3v) is 2.70. The fourth-order valence-corrected chi connectivity index (χ4v) is 1.91. The van der Waals surface area contributed by atoms with E-state index in [0.29, 0.717) is 25.3 Å². The van der Waals surface area contributed by atoms with E-state index in [1.54, 1.807) is 6.20 Å². The van der Waals surface area contributed by atoms with Gasteiger partial charge in [-0.05, 0) is 13.0 Å². The molecule has 0 aliphatic carbocycles. The van der Waals surface area contributed by atoms with E-state index in [0.717, 1.165) is 10.9 Å². The Morgan fingerprint density at radius 1 is 1.41 bits per heavy atom. The molecule has 4 nitrogen and oxygen atoms in total. The summed E-state index contributed by atoms with van der Waals surface area (Å²) in [6.45, 7) is 3.87. The Morgan fingerprint density at radius 2 is 2.18 bits per heavy atom. The van der Waals surface area contributed by atoms with Crippen molar-refractivity contribution in [1.82, 2.24) is 4.57 Å². The molecule has 17 heavy (non-hydrogen) atoms. The summed E-state index contributed by atoms with van der Waals surface area (Å²) >= 11 is 0. The minimum Gasteiger partial charge on any atom is -0.478 e. The maximum absolute atomic E-state index is 11.1. The van der Waals surface area contributed by atoms with Crippen molar-refractivity contribution in [2.24, 2.45) is 0 Å². The van der Waals surface area contributed by atoms with E-state index in [9.17, 15) is 4.79 Å². The lowest BCUT2D eigenvalue weighted by Crippen LogP contribution is -2.04. The molecule has 0 saturated carbocycles. The number of aromatic carboxylic acids is 1. The summed E-state index contributed by atoms with van der Waals surface area (Å²) in [6, 6.07) is 7.51. The van der Waals surface area contributed by atoms with Crippen molar-refractivity contribution < 1.29 is 14.6 Å². The summed E-state index contributed by atoms with van der Waals surface area (Å²) in [5, 5.41) is 9.90. The lowest BCUT2D eigenvalue weighted by atomic mass is 10.2. The molecule has 0 aliphatic rings. The maximum atomic E-state index is 11.1. The normalized spacial score (nSPS) is 10.9. The number of rotatable bonds is 5. The minimum absolute atomic E-state index is 0.345. The summed E-state index contributed by atoms with van der Waals surface area (Å²) in [7, 11) is 0. The van der Waals surface area contributed by atoms with Crippen LogP contribution in [-0.2, 0) is 11.3 Å². The van der Waals surface area contributed by atoms with Crippen LogP contribution in [-0.4, -0.2) is 28.9 Å².